The van der Waals surface area contributed by atoms with E-state index in [9.17, 15) is 0 Å². The molecule has 1 aromatic carbocycles. The molecule has 0 aromatic heterocycles. The molecule has 0 saturated heterocycles. The number of ether oxygens (including phenoxy) is 1. The molecule has 0 unspecified atom stereocenters. The molecule has 1 aromatic rings. The van der Waals surface area contributed by atoms with Crippen LogP contribution in [0.2, 0.25) is 0 Å². The monoisotopic (exact) mass is 212 g/mol. The van der Waals surface area contributed by atoms with Crippen LogP contribution in [0.25, 0.3) is 0 Å². The molecule has 0 aliphatic carbocycles. The van der Waals surface area contributed by atoms with Gasteiger partial charge in [-0.25, -0.2) is 0 Å². The van der Waals surface area contributed by atoms with Crippen molar-refractivity contribution in [1.29, 1.82) is 0 Å². The average molecular weight is 212 g/mol. The van der Waals surface area contributed by atoms with Gasteiger partial charge >= 0.3 is 0 Å². The van der Waals surface area contributed by atoms with E-state index in [-0.39, 0.29) is 13.2 Å². The Bertz CT molecular complexity index is 209. The molecular formula is C12H20O3. The van der Waals surface area contributed by atoms with Gasteiger partial charge in [-0.2, -0.15) is 0 Å². The largest absolute Gasteiger partial charge is 0.494 e. The first-order chi connectivity index (χ1) is 7.35. The number of para-hydroxylation sites is 1. The number of benzene rings is 1. The van der Waals surface area contributed by atoms with Gasteiger partial charge in [-0.3, -0.25) is 0 Å². The van der Waals surface area contributed by atoms with E-state index in [0.29, 0.717) is 0 Å². The predicted octanol–water partition coefficient (Wildman–Crippen LogP) is 1.84. The van der Waals surface area contributed by atoms with Gasteiger partial charge in [-0.05, 0) is 18.6 Å². The first kappa shape index (κ1) is 13.9. The highest BCUT2D eigenvalue weighted by atomic mass is 16.5. The molecule has 2 N–H and O–H groups in total. The Hall–Kier alpha value is -1.06. The van der Waals surface area contributed by atoms with E-state index in [0.717, 1.165) is 18.8 Å². The van der Waals surface area contributed by atoms with E-state index in [4.69, 9.17) is 14.9 Å². The molecule has 0 heterocycles. The van der Waals surface area contributed by atoms with E-state index in [1.807, 2.05) is 30.3 Å². The van der Waals surface area contributed by atoms with E-state index in [2.05, 4.69) is 6.92 Å². The minimum atomic E-state index is -0.125. The third kappa shape index (κ3) is 9.25. The van der Waals surface area contributed by atoms with Crippen LogP contribution in [-0.4, -0.2) is 30.0 Å². The minimum absolute atomic E-state index is 0.125. The second-order valence-electron chi connectivity index (χ2n) is 2.96. The summed E-state index contributed by atoms with van der Waals surface area (Å²) >= 11 is 0. The van der Waals surface area contributed by atoms with Gasteiger partial charge in [0, 0.05) is 0 Å². The maximum absolute atomic E-state index is 7.62. The van der Waals surface area contributed by atoms with Gasteiger partial charge < -0.3 is 14.9 Å². The summed E-state index contributed by atoms with van der Waals surface area (Å²) in [5, 5.41) is 15.2. The Morgan fingerprint density at radius 3 is 2.13 bits per heavy atom. The van der Waals surface area contributed by atoms with Crippen LogP contribution in [0.4, 0.5) is 0 Å². The Kier molecular flexibility index (Phi) is 10.2. The molecule has 0 amide bonds. The van der Waals surface area contributed by atoms with Gasteiger partial charge in [0.05, 0.1) is 19.8 Å². The molecule has 0 spiro atoms. The van der Waals surface area contributed by atoms with Gasteiger partial charge in [-0.15, -0.1) is 0 Å². The second kappa shape index (κ2) is 11.0. The SMILES string of the molecule is CCCCOc1ccccc1.OCCO. The molecule has 3 heteroatoms. The van der Waals surface area contributed by atoms with Gasteiger partial charge in [0.25, 0.3) is 0 Å². The topological polar surface area (TPSA) is 49.7 Å². The summed E-state index contributed by atoms with van der Waals surface area (Å²) in [4.78, 5) is 0. The summed E-state index contributed by atoms with van der Waals surface area (Å²) in [7, 11) is 0. The van der Waals surface area contributed by atoms with E-state index >= 15 is 0 Å². The van der Waals surface area contributed by atoms with E-state index in [1.54, 1.807) is 0 Å². The maximum Gasteiger partial charge on any atom is 0.119 e. The van der Waals surface area contributed by atoms with Crippen molar-refractivity contribution in [3.63, 3.8) is 0 Å². The highest BCUT2D eigenvalue weighted by molar-refractivity contribution is 5.20. The molecule has 0 aliphatic heterocycles. The number of hydrogen-bond acceptors (Lipinski definition) is 3. The fourth-order valence-corrected chi connectivity index (χ4v) is 0.851. The lowest BCUT2D eigenvalue weighted by molar-refractivity contribution is 0.186. The van der Waals surface area contributed by atoms with Crippen molar-refractivity contribution in [3.8, 4) is 5.75 Å². The summed E-state index contributed by atoms with van der Waals surface area (Å²) in [6, 6.07) is 9.93. The van der Waals surface area contributed by atoms with Gasteiger partial charge in [0.1, 0.15) is 5.75 Å². The summed E-state index contributed by atoms with van der Waals surface area (Å²) in [6.45, 7) is 2.74. The molecule has 0 atom stereocenters. The van der Waals surface area contributed by atoms with Crippen molar-refractivity contribution in [1.82, 2.24) is 0 Å². The lowest BCUT2D eigenvalue weighted by Crippen LogP contribution is -1.95. The first-order valence-corrected chi connectivity index (χ1v) is 5.24. The zero-order valence-electron chi connectivity index (χ0n) is 9.22. The van der Waals surface area contributed by atoms with Crippen molar-refractivity contribution in [2.45, 2.75) is 19.8 Å². The quantitative estimate of drug-likeness (QED) is 0.732. The molecule has 0 aliphatic rings. The van der Waals surface area contributed by atoms with Crippen LogP contribution in [-0.2, 0) is 0 Å². The highest BCUT2D eigenvalue weighted by Gasteiger charge is 1.88. The fourth-order valence-electron chi connectivity index (χ4n) is 0.851. The van der Waals surface area contributed by atoms with Crippen LogP contribution >= 0.6 is 0 Å². The van der Waals surface area contributed by atoms with Crippen molar-refractivity contribution in [2.75, 3.05) is 19.8 Å². The first-order valence-electron chi connectivity index (χ1n) is 5.24. The molecular weight excluding hydrogens is 192 g/mol. The number of unbranched alkanes of at least 4 members (excludes halogenated alkanes) is 1. The van der Waals surface area contributed by atoms with E-state index in [1.165, 1.54) is 6.42 Å². The second-order valence-corrected chi connectivity index (χ2v) is 2.96. The summed E-state index contributed by atoms with van der Waals surface area (Å²) in [6.07, 6.45) is 2.32. The number of rotatable bonds is 5. The maximum atomic E-state index is 7.62. The van der Waals surface area contributed by atoms with Crippen LogP contribution in [0.15, 0.2) is 30.3 Å². The fraction of sp³-hybridized carbons (Fsp3) is 0.500. The highest BCUT2D eigenvalue weighted by Crippen LogP contribution is 2.08. The normalized spacial score (nSPS) is 9.00. The Labute approximate surface area is 91.3 Å². The Morgan fingerprint density at radius 2 is 1.67 bits per heavy atom. The molecule has 86 valence electrons. The van der Waals surface area contributed by atoms with Crippen molar-refractivity contribution in [3.05, 3.63) is 30.3 Å². The lowest BCUT2D eigenvalue weighted by atomic mass is 10.3. The van der Waals surface area contributed by atoms with Gasteiger partial charge in [-0.1, -0.05) is 31.5 Å². The zero-order valence-corrected chi connectivity index (χ0v) is 9.22. The van der Waals surface area contributed by atoms with Crippen LogP contribution < -0.4 is 4.74 Å². The van der Waals surface area contributed by atoms with Crippen LogP contribution in [0.1, 0.15) is 19.8 Å². The molecule has 0 bridgehead atoms. The lowest BCUT2D eigenvalue weighted by Gasteiger charge is -2.03. The molecule has 3 nitrogen and oxygen atoms in total. The third-order valence-electron chi connectivity index (χ3n) is 1.61. The Balaban J connectivity index is 0.000000423. The number of aliphatic hydroxyl groups excluding tert-OH is 2. The predicted molar refractivity (Wildman–Crippen MR) is 61.0 cm³/mol. The molecule has 1 rings (SSSR count). The third-order valence-corrected chi connectivity index (χ3v) is 1.61. The van der Waals surface area contributed by atoms with Crippen molar-refractivity contribution in [2.24, 2.45) is 0 Å². The average Bonchev–Trinajstić information content (AvgIpc) is 2.31. The minimum Gasteiger partial charge on any atom is -0.494 e. The number of hydrogen-bond donors (Lipinski definition) is 2. The molecule has 15 heavy (non-hydrogen) atoms. The number of aliphatic hydroxyl groups is 2. The van der Waals surface area contributed by atoms with Gasteiger partial charge in [0.15, 0.2) is 0 Å². The molecule has 0 radical (unpaired) electrons. The standard InChI is InChI=1S/C10H14O.C2H6O2/c1-2-3-9-11-10-7-5-4-6-8-10;3-1-2-4/h4-8H,2-3,9H2,1H3;3-4H,1-2H2. The van der Waals surface area contributed by atoms with E-state index < -0.39 is 0 Å². The zero-order chi connectivity index (χ0) is 11.4. The summed E-state index contributed by atoms with van der Waals surface area (Å²) < 4.78 is 5.45. The summed E-state index contributed by atoms with van der Waals surface area (Å²) in [5.41, 5.74) is 0. The Morgan fingerprint density at radius 1 is 1.07 bits per heavy atom. The van der Waals surface area contributed by atoms with Crippen LogP contribution in [0.5, 0.6) is 5.75 Å². The molecule has 0 saturated carbocycles. The summed E-state index contributed by atoms with van der Waals surface area (Å²) in [5.74, 6) is 0.973. The van der Waals surface area contributed by atoms with Crippen molar-refractivity contribution >= 4 is 0 Å². The van der Waals surface area contributed by atoms with Crippen LogP contribution in [0, 0.1) is 0 Å². The van der Waals surface area contributed by atoms with Crippen molar-refractivity contribution < 1.29 is 14.9 Å². The molecule has 0 fully saturated rings. The smallest absolute Gasteiger partial charge is 0.119 e. The van der Waals surface area contributed by atoms with Gasteiger partial charge in [0.2, 0.25) is 0 Å². The van der Waals surface area contributed by atoms with Crippen LogP contribution in [0.3, 0.4) is 0 Å².